The molecule has 1 aromatic carbocycles. The lowest BCUT2D eigenvalue weighted by Gasteiger charge is -2.28. The van der Waals surface area contributed by atoms with Crippen molar-refractivity contribution in [2.75, 3.05) is 0 Å². The standard InChI is InChI=1S/C18H19Br2NO2/c1-9(14-5-10-2-3-11(14)4-10)21-18(22)16-7-12-6-13(19)8-15(20)17(12)23-16/h6-11,14H,2-5H2,1H3,(H,21,22)/t9-,10+,11+,14-/m1/s1. The van der Waals surface area contributed by atoms with Gasteiger partial charge < -0.3 is 9.73 Å². The second-order valence-corrected chi connectivity index (χ2v) is 8.79. The van der Waals surface area contributed by atoms with E-state index in [0.717, 1.165) is 26.2 Å². The topological polar surface area (TPSA) is 42.2 Å². The average molecular weight is 441 g/mol. The molecule has 23 heavy (non-hydrogen) atoms. The Labute approximate surface area is 152 Å². The van der Waals surface area contributed by atoms with Crippen molar-refractivity contribution in [3.63, 3.8) is 0 Å². The minimum atomic E-state index is -0.112. The molecule has 3 nitrogen and oxygen atoms in total. The maximum absolute atomic E-state index is 12.6. The van der Waals surface area contributed by atoms with E-state index in [2.05, 4.69) is 44.1 Å². The third-order valence-corrected chi connectivity index (χ3v) is 6.60. The summed E-state index contributed by atoms with van der Waals surface area (Å²) in [5, 5.41) is 4.08. The highest BCUT2D eigenvalue weighted by Crippen LogP contribution is 2.49. The maximum Gasteiger partial charge on any atom is 0.287 e. The van der Waals surface area contributed by atoms with Crippen molar-refractivity contribution in [3.8, 4) is 0 Å². The Kier molecular flexibility index (Phi) is 4.04. The molecule has 2 bridgehead atoms. The van der Waals surface area contributed by atoms with Gasteiger partial charge in [-0.2, -0.15) is 0 Å². The summed E-state index contributed by atoms with van der Waals surface area (Å²) in [7, 11) is 0. The van der Waals surface area contributed by atoms with E-state index in [4.69, 9.17) is 4.42 Å². The van der Waals surface area contributed by atoms with Crippen LogP contribution in [0.4, 0.5) is 0 Å². The zero-order valence-electron chi connectivity index (χ0n) is 12.9. The molecule has 2 aromatic rings. The summed E-state index contributed by atoms with van der Waals surface area (Å²) in [5.41, 5.74) is 0.714. The van der Waals surface area contributed by atoms with Gasteiger partial charge in [0.05, 0.1) is 4.47 Å². The van der Waals surface area contributed by atoms with E-state index in [0.29, 0.717) is 17.3 Å². The van der Waals surface area contributed by atoms with E-state index in [1.54, 1.807) is 0 Å². The lowest BCUT2D eigenvalue weighted by atomic mass is 9.84. The Hall–Kier alpha value is -0.810. The third kappa shape index (κ3) is 2.86. The van der Waals surface area contributed by atoms with Crippen LogP contribution in [0.3, 0.4) is 0 Å². The van der Waals surface area contributed by atoms with Crippen LogP contribution in [0.25, 0.3) is 11.0 Å². The second kappa shape index (κ2) is 5.92. The molecule has 2 fully saturated rings. The Morgan fingerprint density at radius 1 is 1.26 bits per heavy atom. The summed E-state index contributed by atoms with van der Waals surface area (Å²) in [6.07, 6.45) is 5.34. The summed E-state index contributed by atoms with van der Waals surface area (Å²) < 4.78 is 7.57. The van der Waals surface area contributed by atoms with Crippen molar-refractivity contribution in [1.82, 2.24) is 5.32 Å². The molecule has 1 N–H and O–H groups in total. The number of halogens is 2. The summed E-state index contributed by atoms with van der Waals surface area (Å²) >= 11 is 6.94. The molecule has 0 unspecified atom stereocenters. The van der Waals surface area contributed by atoms with E-state index in [9.17, 15) is 4.79 Å². The Bertz CT molecular complexity index is 770. The van der Waals surface area contributed by atoms with E-state index in [-0.39, 0.29) is 11.9 Å². The highest BCUT2D eigenvalue weighted by atomic mass is 79.9. The minimum absolute atomic E-state index is 0.112. The number of benzene rings is 1. The number of carbonyl (C=O) groups is 1. The summed E-state index contributed by atoms with van der Waals surface area (Å²) in [6.45, 7) is 2.14. The van der Waals surface area contributed by atoms with Crippen LogP contribution in [-0.4, -0.2) is 11.9 Å². The molecule has 2 aliphatic rings. The minimum Gasteiger partial charge on any atom is -0.450 e. The van der Waals surface area contributed by atoms with Crippen LogP contribution >= 0.6 is 31.9 Å². The molecule has 2 saturated carbocycles. The van der Waals surface area contributed by atoms with E-state index in [1.807, 2.05) is 18.2 Å². The Morgan fingerprint density at radius 2 is 2.09 bits per heavy atom. The van der Waals surface area contributed by atoms with Crippen LogP contribution in [0.15, 0.2) is 31.6 Å². The summed E-state index contributed by atoms with van der Waals surface area (Å²) in [5.74, 6) is 2.59. The molecule has 2 aliphatic carbocycles. The van der Waals surface area contributed by atoms with E-state index >= 15 is 0 Å². The molecule has 1 aromatic heterocycles. The van der Waals surface area contributed by atoms with Gasteiger partial charge in [0.1, 0.15) is 5.58 Å². The number of nitrogens with one attached hydrogen (secondary N) is 1. The van der Waals surface area contributed by atoms with Gasteiger partial charge in [-0.15, -0.1) is 0 Å². The predicted molar refractivity (Wildman–Crippen MR) is 97.5 cm³/mol. The predicted octanol–water partition coefficient (Wildman–Crippen LogP) is 5.51. The number of fused-ring (bicyclic) bond motifs is 3. The lowest BCUT2D eigenvalue weighted by molar-refractivity contribution is 0.0889. The Morgan fingerprint density at radius 3 is 2.78 bits per heavy atom. The number of amides is 1. The molecule has 0 saturated heterocycles. The SMILES string of the molecule is C[C@@H](NC(=O)c1cc2cc(Br)cc(Br)c2o1)[C@H]1C[C@H]2CC[C@H]1C2. The smallest absolute Gasteiger partial charge is 0.287 e. The van der Waals surface area contributed by atoms with Gasteiger partial charge >= 0.3 is 0 Å². The van der Waals surface area contributed by atoms with Crippen molar-refractivity contribution in [2.45, 2.75) is 38.6 Å². The van der Waals surface area contributed by atoms with Gasteiger partial charge in [0.25, 0.3) is 5.91 Å². The van der Waals surface area contributed by atoms with Gasteiger partial charge in [0.15, 0.2) is 5.76 Å². The van der Waals surface area contributed by atoms with Crippen LogP contribution in [0.5, 0.6) is 0 Å². The first kappa shape index (κ1) is 15.7. The van der Waals surface area contributed by atoms with Gasteiger partial charge in [0.2, 0.25) is 0 Å². The number of hydrogen-bond acceptors (Lipinski definition) is 2. The summed E-state index contributed by atoms with van der Waals surface area (Å²) in [4.78, 5) is 12.6. The number of furan rings is 1. The van der Waals surface area contributed by atoms with Gasteiger partial charge in [-0.25, -0.2) is 0 Å². The van der Waals surface area contributed by atoms with Crippen molar-refractivity contribution in [3.05, 3.63) is 32.9 Å². The fourth-order valence-electron chi connectivity index (χ4n) is 4.48. The largest absolute Gasteiger partial charge is 0.450 e. The normalized spacial score (nSPS) is 27.5. The van der Waals surface area contributed by atoms with Crippen LogP contribution in [-0.2, 0) is 0 Å². The summed E-state index contributed by atoms with van der Waals surface area (Å²) in [6, 6.07) is 5.90. The Balaban J connectivity index is 1.51. The quantitative estimate of drug-likeness (QED) is 0.683. The second-order valence-electron chi connectivity index (χ2n) is 7.02. The fraction of sp³-hybridized carbons (Fsp3) is 0.500. The maximum atomic E-state index is 12.6. The van der Waals surface area contributed by atoms with Crippen LogP contribution < -0.4 is 5.32 Å². The molecule has 0 aliphatic heterocycles. The highest BCUT2D eigenvalue weighted by molar-refractivity contribution is 9.11. The highest BCUT2D eigenvalue weighted by Gasteiger charge is 2.42. The molecule has 0 spiro atoms. The van der Waals surface area contributed by atoms with Gasteiger partial charge in [0, 0.05) is 15.9 Å². The zero-order chi connectivity index (χ0) is 16.1. The first-order valence-electron chi connectivity index (χ1n) is 8.20. The van der Waals surface area contributed by atoms with E-state index in [1.165, 1.54) is 25.7 Å². The monoisotopic (exact) mass is 439 g/mol. The van der Waals surface area contributed by atoms with Crippen molar-refractivity contribution < 1.29 is 9.21 Å². The molecule has 122 valence electrons. The third-order valence-electron chi connectivity index (χ3n) is 5.55. The molecule has 5 heteroatoms. The van der Waals surface area contributed by atoms with Gasteiger partial charge in [-0.1, -0.05) is 22.4 Å². The van der Waals surface area contributed by atoms with Gasteiger partial charge in [-0.3, -0.25) is 4.79 Å². The lowest BCUT2D eigenvalue weighted by Crippen LogP contribution is -2.39. The number of carbonyl (C=O) groups excluding carboxylic acids is 1. The van der Waals surface area contributed by atoms with E-state index < -0.39 is 0 Å². The molecule has 0 radical (unpaired) electrons. The van der Waals surface area contributed by atoms with Gasteiger partial charge in [-0.05, 0) is 78.1 Å². The number of hydrogen-bond donors (Lipinski definition) is 1. The first-order chi connectivity index (χ1) is 11.0. The van der Waals surface area contributed by atoms with Crippen LogP contribution in [0.1, 0.15) is 43.2 Å². The molecule has 1 amide bonds. The molecule has 4 atom stereocenters. The molecule has 1 heterocycles. The van der Waals surface area contributed by atoms with Crippen molar-refractivity contribution in [1.29, 1.82) is 0 Å². The molecular formula is C18H19Br2NO2. The van der Waals surface area contributed by atoms with Crippen molar-refractivity contribution in [2.24, 2.45) is 17.8 Å². The number of rotatable bonds is 3. The van der Waals surface area contributed by atoms with Crippen LogP contribution in [0, 0.1) is 17.8 Å². The van der Waals surface area contributed by atoms with Crippen molar-refractivity contribution >= 4 is 48.7 Å². The molecule has 4 rings (SSSR count). The van der Waals surface area contributed by atoms with Crippen LogP contribution in [0.2, 0.25) is 0 Å². The fourth-order valence-corrected chi connectivity index (χ4v) is 5.82. The first-order valence-corrected chi connectivity index (χ1v) is 9.79. The average Bonchev–Trinajstić information content (AvgIpc) is 3.21. The zero-order valence-corrected chi connectivity index (χ0v) is 16.1. The molecular weight excluding hydrogens is 422 g/mol.